The van der Waals surface area contributed by atoms with Crippen molar-refractivity contribution in [2.45, 2.75) is 0 Å². The van der Waals surface area contributed by atoms with Crippen LogP contribution in [0.5, 0.6) is 0 Å². The molecule has 0 atom stereocenters. The van der Waals surface area contributed by atoms with Gasteiger partial charge in [0.15, 0.2) is 0 Å². The van der Waals surface area contributed by atoms with E-state index in [-0.39, 0.29) is 5.57 Å². The third-order valence-corrected chi connectivity index (χ3v) is 1.76. The van der Waals surface area contributed by atoms with Crippen LogP contribution in [0.3, 0.4) is 0 Å². The molecule has 0 aliphatic heterocycles. The molecule has 0 bridgehead atoms. The molecule has 0 aliphatic carbocycles. The van der Waals surface area contributed by atoms with Gasteiger partial charge in [0.2, 0.25) is 0 Å². The van der Waals surface area contributed by atoms with Gasteiger partial charge < -0.3 is 14.5 Å². The van der Waals surface area contributed by atoms with Crippen LogP contribution in [0.15, 0.2) is 24.4 Å². The number of carbonyl (C=O) groups excluding carboxylic acids is 2. The van der Waals surface area contributed by atoms with Crippen LogP contribution in [0.25, 0.3) is 5.57 Å². The zero-order valence-electron chi connectivity index (χ0n) is 8.44. The van der Waals surface area contributed by atoms with E-state index in [1.807, 2.05) is 0 Å². The van der Waals surface area contributed by atoms with Crippen LogP contribution < -0.4 is 0 Å². The minimum absolute atomic E-state index is 0.134. The summed E-state index contributed by atoms with van der Waals surface area (Å²) >= 11 is 0. The Morgan fingerprint density at radius 1 is 1.33 bits per heavy atom. The van der Waals surface area contributed by atoms with Gasteiger partial charge in [-0.3, -0.25) is 0 Å². The molecular formula is C10H11NO4. The van der Waals surface area contributed by atoms with Gasteiger partial charge in [-0.05, 0) is 12.1 Å². The van der Waals surface area contributed by atoms with E-state index in [1.165, 1.54) is 14.2 Å². The zero-order chi connectivity index (χ0) is 11.3. The van der Waals surface area contributed by atoms with E-state index >= 15 is 0 Å². The van der Waals surface area contributed by atoms with Crippen LogP contribution in [0, 0.1) is 0 Å². The molecule has 0 saturated carbocycles. The van der Waals surface area contributed by atoms with E-state index in [0.717, 1.165) is 6.08 Å². The number of aromatic amines is 1. The van der Waals surface area contributed by atoms with Gasteiger partial charge in [-0.2, -0.15) is 0 Å². The Balaban J connectivity index is 3.04. The predicted octanol–water partition coefficient (Wildman–Crippen LogP) is 0.744. The highest BCUT2D eigenvalue weighted by Crippen LogP contribution is 2.13. The number of hydrogen-bond acceptors (Lipinski definition) is 4. The number of H-pyrrole nitrogens is 1. The van der Waals surface area contributed by atoms with Gasteiger partial charge in [0, 0.05) is 12.3 Å². The van der Waals surface area contributed by atoms with E-state index in [9.17, 15) is 9.59 Å². The van der Waals surface area contributed by atoms with Crippen molar-refractivity contribution in [1.82, 2.24) is 4.98 Å². The molecule has 0 saturated heterocycles. The van der Waals surface area contributed by atoms with E-state index in [1.54, 1.807) is 18.3 Å². The molecule has 5 heteroatoms. The van der Waals surface area contributed by atoms with Crippen molar-refractivity contribution >= 4 is 17.5 Å². The normalized spacial score (nSPS) is 10.9. The van der Waals surface area contributed by atoms with Crippen LogP contribution in [0.4, 0.5) is 0 Å². The van der Waals surface area contributed by atoms with Crippen molar-refractivity contribution in [3.05, 3.63) is 30.1 Å². The van der Waals surface area contributed by atoms with Crippen LogP contribution in [-0.2, 0) is 19.1 Å². The maximum atomic E-state index is 11.3. The summed E-state index contributed by atoms with van der Waals surface area (Å²) in [6, 6.07) is 3.37. The molecule has 0 unspecified atom stereocenters. The number of ether oxygens (including phenoxy) is 2. The van der Waals surface area contributed by atoms with Gasteiger partial charge in [-0.1, -0.05) is 0 Å². The van der Waals surface area contributed by atoms with Gasteiger partial charge in [-0.15, -0.1) is 0 Å². The maximum absolute atomic E-state index is 11.3. The minimum Gasteiger partial charge on any atom is -0.466 e. The highest BCUT2D eigenvalue weighted by molar-refractivity contribution is 6.19. The summed E-state index contributed by atoms with van der Waals surface area (Å²) in [4.78, 5) is 25.2. The first-order chi connectivity index (χ1) is 7.19. The smallest absolute Gasteiger partial charge is 0.340 e. The number of hydrogen-bond donors (Lipinski definition) is 1. The van der Waals surface area contributed by atoms with Gasteiger partial charge in [0.25, 0.3) is 0 Å². The van der Waals surface area contributed by atoms with Gasteiger partial charge in [-0.25, -0.2) is 9.59 Å². The molecule has 0 spiro atoms. The minimum atomic E-state index is -0.606. The van der Waals surface area contributed by atoms with Crippen molar-refractivity contribution in [3.8, 4) is 0 Å². The Kier molecular flexibility index (Phi) is 3.68. The van der Waals surface area contributed by atoms with Gasteiger partial charge in [0.05, 0.1) is 25.5 Å². The summed E-state index contributed by atoms with van der Waals surface area (Å²) in [5, 5.41) is 0. The molecule has 0 aliphatic rings. The second-order valence-electron chi connectivity index (χ2n) is 2.66. The quantitative estimate of drug-likeness (QED) is 0.589. The third kappa shape index (κ3) is 2.70. The fraction of sp³-hybridized carbons (Fsp3) is 0.200. The highest BCUT2D eigenvalue weighted by atomic mass is 16.5. The average molecular weight is 209 g/mol. The molecule has 5 nitrogen and oxygen atoms in total. The Morgan fingerprint density at radius 2 is 2.07 bits per heavy atom. The molecule has 0 radical (unpaired) electrons. The van der Waals surface area contributed by atoms with Crippen molar-refractivity contribution in [2.24, 2.45) is 0 Å². The monoisotopic (exact) mass is 209 g/mol. The largest absolute Gasteiger partial charge is 0.466 e. The Labute approximate surface area is 86.7 Å². The summed E-state index contributed by atoms with van der Waals surface area (Å²) in [6.45, 7) is 0. The fourth-order valence-electron chi connectivity index (χ4n) is 1.03. The molecular weight excluding hydrogens is 198 g/mol. The second kappa shape index (κ2) is 4.99. The lowest BCUT2D eigenvalue weighted by atomic mass is 10.2. The number of aromatic nitrogens is 1. The summed E-state index contributed by atoms with van der Waals surface area (Å²) in [5.74, 6) is -1.20. The lowest BCUT2D eigenvalue weighted by Crippen LogP contribution is -2.07. The first-order valence-corrected chi connectivity index (χ1v) is 4.20. The van der Waals surface area contributed by atoms with Gasteiger partial charge >= 0.3 is 11.9 Å². The van der Waals surface area contributed by atoms with Crippen molar-refractivity contribution < 1.29 is 19.1 Å². The number of rotatable bonds is 3. The summed E-state index contributed by atoms with van der Waals surface area (Å²) in [5.41, 5.74) is 0.640. The van der Waals surface area contributed by atoms with Crippen LogP contribution in [-0.4, -0.2) is 31.1 Å². The second-order valence-corrected chi connectivity index (χ2v) is 2.66. The Morgan fingerprint density at radius 3 is 2.53 bits per heavy atom. The maximum Gasteiger partial charge on any atom is 0.340 e. The van der Waals surface area contributed by atoms with E-state index < -0.39 is 11.9 Å². The SMILES string of the molecule is COC(=O)/C=C(\C(=O)OC)c1ccc[nH]1. The molecule has 0 aromatic carbocycles. The first kappa shape index (κ1) is 11.0. The molecule has 1 aromatic rings. The summed E-state index contributed by atoms with van der Waals surface area (Å²) in [7, 11) is 2.48. The standard InChI is InChI=1S/C10H11NO4/c1-14-9(12)6-7(10(13)15-2)8-4-3-5-11-8/h3-6,11H,1-2H3/b7-6-. The molecule has 80 valence electrons. The van der Waals surface area contributed by atoms with Crippen molar-refractivity contribution in [3.63, 3.8) is 0 Å². The Hall–Kier alpha value is -2.04. The van der Waals surface area contributed by atoms with Crippen molar-refractivity contribution in [1.29, 1.82) is 0 Å². The number of carbonyl (C=O) groups is 2. The van der Waals surface area contributed by atoms with Gasteiger partial charge in [0.1, 0.15) is 0 Å². The fourth-order valence-corrected chi connectivity index (χ4v) is 1.03. The van der Waals surface area contributed by atoms with E-state index in [0.29, 0.717) is 5.69 Å². The predicted molar refractivity (Wildman–Crippen MR) is 52.8 cm³/mol. The molecule has 1 heterocycles. The molecule has 1 N–H and O–H groups in total. The van der Waals surface area contributed by atoms with E-state index in [4.69, 9.17) is 0 Å². The van der Waals surface area contributed by atoms with Crippen LogP contribution in [0.1, 0.15) is 5.69 Å². The highest BCUT2D eigenvalue weighted by Gasteiger charge is 2.15. The molecule has 1 rings (SSSR count). The van der Waals surface area contributed by atoms with Crippen LogP contribution in [0.2, 0.25) is 0 Å². The number of esters is 2. The average Bonchev–Trinajstić information content (AvgIpc) is 2.77. The first-order valence-electron chi connectivity index (χ1n) is 4.20. The lowest BCUT2D eigenvalue weighted by molar-refractivity contribution is -0.136. The zero-order valence-corrected chi connectivity index (χ0v) is 8.44. The molecule has 1 aromatic heterocycles. The van der Waals surface area contributed by atoms with Crippen molar-refractivity contribution in [2.75, 3.05) is 14.2 Å². The molecule has 0 fully saturated rings. The summed E-state index contributed by atoms with van der Waals surface area (Å²) in [6.07, 6.45) is 2.72. The lowest BCUT2D eigenvalue weighted by Gasteiger charge is -2.02. The van der Waals surface area contributed by atoms with E-state index in [2.05, 4.69) is 14.5 Å². The molecule has 0 amide bonds. The number of nitrogens with one attached hydrogen (secondary N) is 1. The third-order valence-electron chi connectivity index (χ3n) is 1.76. The molecule has 15 heavy (non-hydrogen) atoms. The summed E-state index contributed by atoms with van der Waals surface area (Å²) < 4.78 is 8.98. The Bertz CT molecular complexity index is 378. The topological polar surface area (TPSA) is 68.4 Å². The number of methoxy groups -OCH3 is 2. The van der Waals surface area contributed by atoms with Crippen LogP contribution >= 0.6 is 0 Å².